The van der Waals surface area contributed by atoms with Gasteiger partial charge in [0.1, 0.15) is 17.6 Å². The van der Waals surface area contributed by atoms with Gasteiger partial charge in [-0.05, 0) is 50.5 Å². The molecule has 1 N–H and O–H groups in total. The van der Waals surface area contributed by atoms with E-state index in [0.717, 1.165) is 58.3 Å². The third kappa shape index (κ3) is 4.65. The van der Waals surface area contributed by atoms with Gasteiger partial charge in [-0.3, -0.25) is 9.69 Å². The summed E-state index contributed by atoms with van der Waals surface area (Å²) in [4.78, 5) is 17.7. The fourth-order valence-electron chi connectivity index (χ4n) is 4.36. The number of carbonyl (C=O) groups excluding carboxylic acids is 1. The van der Waals surface area contributed by atoms with Gasteiger partial charge in [0.05, 0.1) is 11.6 Å². The first kappa shape index (κ1) is 22.7. The van der Waals surface area contributed by atoms with E-state index >= 15 is 0 Å². The number of amides is 1. The van der Waals surface area contributed by atoms with E-state index in [1.54, 1.807) is 24.1 Å². The second-order valence-corrected chi connectivity index (χ2v) is 8.88. The Kier molecular flexibility index (Phi) is 7.08. The quantitative estimate of drug-likeness (QED) is 0.547. The largest absolute Gasteiger partial charge is 0.495 e. The zero-order chi connectivity index (χ0) is 22.7. The lowest BCUT2D eigenvalue weighted by molar-refractivity contribution is -0.136. The van der Waals surface area contributed by atoms with Crippen LogP contribution in [0, 0.1) is 5.82 Å². The average molecular weight is 500 g/mol. The number of benzene rings is 3. The van der Waals surface area contributed by atoms with E-state index in [9.17, 15) is 9.18 Å². The number of carbonyl (C=O) groups is 1. The Labute approximate surface area is 196 Å². The highest BCUT2D eigenvalue weighted by molar-refractivity contribution is 9.10. The summed E-state index contributed by atoms with van der Waals surface area (Å²) in [7, 11) is 3.46. The summed E-state index contributed by atoms with van der Waals surface area (Å²) in [5.41, 5.74) is 1.75. The van der Waals surface area contributed by atoms with Crippen molar-refractivity contribution in [2.24, 2.45) is 0 Å². The predicted octanol–water partition coefficient (Wildman–Crippen LogP) is 4.35. The van der Waals surface area contributed by atoms with E-state index in [1.807, 2.05) is 37.4 Å². The molecule has 168 valence electrons. The number of hydrogen-bond acceptors (Lipinski definition) is 4. The zero-order valence-corrected chi connectivity index (χ0v) is 19.9. The summed E-state index contributed by atoms with van der Waals surface area (Å²) < 4.78 is 20.1. The maximum Gasteiger partial charge on any atom is 0.244 e. The lowest BCUT2D eigenvalue weighted by Crippen LogP contribution is -2.49. The molecule has 1 atom stereocenters. The summed E-state index contributed by atoms with van der Waals surface area (Å²) in [6.45, 7) is 3.54. The van der Waals surface area contributed by atoms with Crippen molar-refractivity contribution in [3.8, 4) is 5.75 Å². The van der Waals surface area contributed by atoms with Crippen LogP contribution in [-0.4, -0.2) is 56.0 Å². The number of halogens is 2. The summed E-state index contributed by atoms with van der Waals surface area (Å²) in [5.74, 6) is 0.396. The van der Waals surface area contributed by atoms with E-state index in [-0.39, 0.29) is 11.7 Å². The van der Waals surface area contributed by atoms with Crippen LogP contribution < -0.4 is 10.1 Å². The average Bonchev–Trinajstić information content (AvgIpc) is 2.81. The summed E-state index contributed by atoms with van der Waals surface area (Å²) in [6.07, 6.45) is 0. The molecule has 7 heteroatoms. The van der Waals surface area contributed by atoms with Crippen molar-refractivity contribution in [3.63, 3.8) is 0 Å². The summed E-state index contributed by atoms with van der Waals surface area (Å²) in [6, 6.07) is 15.9. The number of likely N-dealkylation sites (N-methyl/N-ethyl adjacent to an activating group) is 1. The molecule has 0 radical (unpaired) electrons. The highest BCUT2D eigenvalue weighted by Gasteiger charge is 2.31. The van der Waals surface area contributed by atoms with Gasteiger partial charge in [-0.1, -0.05) is 36.4 Å². The third-order valence-electron chi connectivity index (χ3n) is 5.97. The number of ether oxygens (including phenoxy) is 1. The maximum absolute atomic E-state index is 13.8. The SMILES string of the molecule is COc1c(Br)cc2ccccc2c1CN(C)C(=O)C(c1ccc(F)cc1)N1CCNCC1. The minimum atomic E-state index is -0.466. The molecule has 4 rings (SSSR count). The summed E-state index contributed by atoms with van der Waals surface area (Å²) >= 11 is 3.61. The number of nitrogens with one attached hydrogen (secondary N) is 1. The Morgan fingerprint density at radius 2 is 1.88 bits per heavy atom. The van der Waals surface area contributed by atoms with Crippen molar-refractivity contribution in [2.45, 2.75) is 12.6 Å². The van der Waals surface area contributed by atoms with Crippen LogP contribution in [0.2, 0.25) is 0 Å². The number of fused-ring (bicyclic) bond motifs is 1. The minimum absolute atomic E-state index is 0.0235. The minimum Gasteiger partial charge on any atom is -0.495 e. The Hall–Kier alpha value is -2.48. The molecular weight excluding hydrogens is 473 g/mol. The van der Waals surface area contributed by atoms with E-state index in [4.69, 9.17) is 4.74 Å². The predicted molar refractivity (Wildman–Crippen MR) is 128 cm³/mol. The Morgan fingerprint density at radius 3 is 2.56 bits per heavy atom. The first-order valence-corrected chi connectivity index (χ1v) is 11.5. The Bertz CT molecular complexity index is 1100. The highest BCUT2D eigenvalue weighted by atomic mass is 79.9. The lowest BCUT2D eigenvalue weighted by atomic mass is 10.0. The standard InChI is InChI=1S/C25H27BrFN3O2/c1-29(16-21-20-6-4-3-5-18(20)15-22(26)24(21)32-2)25(31)23(30-13-11-28-12-14-30)17-7-9-19(27)10-8-17/h3-10,15,23,28H,11-14,16H2,1-2H3. The first-order valence-electron chi connectivity index (χ1n) is 10.7. The number of hydrogen-bond donors (Lipinski definition) is 1. The van der Waals surface area contributed by atoms with Gasteiger partial charge in [-0.2, -0.15) is 0 Å². The molecule has 32 heavy (non-hydrogen) atoms. The first-order chi connectivity index (χ1) is 15.5. The van der Waals surface area contributed by atoms with E-state index in [0.29, 0.717) is 6.54 Å². The van der Waals surface area contributed by atoms with E-state index < -0.39 is 6.04 Å². The van der Waals surface area contributed by atoms with Crippen molar-refractivity contribution in [1.29, 1.82) is 0 Å². The van der Waals surface area contributed by atoms with Crippen LogP contribution in [0.1, 0.15) is 17.2 Å². The van der Waals surface area contributed by atoms with Crippen molar-refractivity contribution in [2.75, 3.05) is 40.3 Å². The van der Waals surface area contributed by atoms with Crippen LogP contribution in [-0.2, 0) is 11.3 Å². The molecule has 1 unspecified atom stereocenters. The normalized spacial score (nSPS) is 15.5. The van der Waals surface area contributed by atoms with Crippen molar-refractivity contribution < 1.29 is 13.9 Å². The van der Waals surface area contributed by atoms with Crippen LogP contribution in [0.25, 0.3) is 10.8 Å². The van der Waals surface area contributed by atoms with E-state index in [1.165, 1.54) is 12.1 Å². The maximum atomic E-state index is 13.8. The number of nitrogens with zero attached hydrogens (tertiary/aromatic N) is 2. The second-order valence-electron chi connectivity index (χ2n) is 8.03. The molecule has 0 saturated carbocycles. The van der Waals surface area contributed by atoms with Crippen LogP contribution in [0.3, 0.4) is 0 Å². The molecule has 3 aromatic carbocycles. The third-order valence-corrected chi connectivity index (χ3v) is 6.56. The molecule has 1 aliphatic heterocycles. The molecule has 1 aliphatic rings. The lowest BCUT2D eigenvalue weighted by Gasteiger charge is -2.36. The highest BCUT2D eigenvalue weighted by Crippen LogP contribution is 2.37. The molecular formula is C25H27BrFN3O2. The fraction of sp³-hybridized carbons (Fsp3) is 0.320. The fourth-order valence-corrected chi connectivity index (χ4v) is 5.01. The van der Waals surface area contributed by atoms with E-state index in [2.05, 4.69) is 26.1 Å². The van der Waals surface area contributed by atoms with Crippen LogP contribution in [0.5, 0.6) is 5.75 Å². The molecule has 0 aromatic heterocycles. The van der Waals surface area contributed by atoms with Crippen molar-refractivity contribution in [3.05, 3.63) is 76.0 Å². The molecule has 3 aromatic rings. The van der Waals surface area contributed by atoms with Gasteiger partial charge >= 0.3 is 0 Å². The number of rotatable bonds is 6. The second kappa shape index (κ2) is 9.98. The summed E-state index contributed by atoms with van der Waals surface area (Å²) in [5, 5.41) is 5.46. The van der Waals surface area contributed by atoms with Crippen molar-refractivity contribution in [1.82, 2.24) is 15.1 Å². The van der Waals surface area contributed by atoms with Gasteiger partial charge in [-0.25, -0.2) is 4.39 Å². The molecule has 1 fully saturated rings. The van der Waals surface area contributed by atoms with Gasteiger partial charge < -0.3 is 15.0 Å². The molecule has 0 bridgehead atoms. The molecule has 5 nitrogen and oxygen atoms in total. The number of methoxy groups -OCH3 is 1. The smallest absolute Gasteiger partial charge is 0.244 e. The molecule has 1 amide bonds. The monoisotopic (exact) mass is 499 g/mol. The van der Waals surface area contributed by atoms with Crippen LogP contribution in [0.4, 0.5) is 4.39 Å². The van der Waals surface area contributed by atoms with Gasteiger partial charge in [0.15, 0.2) is 0 Å². The van der Waals surface area contributed by atoms with Crippen molar-refractivity contribution >= 4 is 32.6 Å². The van der Waals surface area contributed by atoms with Gasteiger partial charge in [0.2, 0.25) is 5.91 Å². The zero-order valence-electron chi connectivity index (χ0n) is 18.3. The molecule has 0 spiro atoms. The van der Waals surface area contributed by atoms with Crippen LogP contribution in [0.15, 0.2) is 59.1 Å². The Morgan fingerprint density at radius 1 is 1.19 bits per heavy atom. The molecule has 1 saturated heterocycles. The van der Waals surface area contributed by atoms with Gasteiger partial charge in [0.25, 0.3) is 0 Å². The molecule has 0 aliphatic carbocycles. The van der Waals surface area contributed by atoms with Gasteiger partial charge in [-0.15, -0.1) is 0 Å². The number of piperazine rings is 1. The topological polar surface area (TPSA) is 44.8 Å². The van der Waals surface area contributed by atoms with Gasteiger partial charge in [0, 0.05) is 45.3 Å². The van der Waals surface area contributed by atoms with Crippen LogP contribution >= 0.6 is 15.9 Å². The molecule has 1 heterocycles. The Balaban J connectivity index is 1.69.